The van der Waals surface area contributed by atoms with Crippen molar-refractivity contribution < 1.29 is 19.1 Å². The van der Waals surface area contributed by atoms with Gasteiger partial charge in [-0.25, -0.2) is 4.79 Å². The first-order chi connectivity index (χ1) is 16.1. The molecule has 0 saturated carbocycles. The van der Waals surface area contributed by atoms with Crippen LogP contribution in [0.25, 0.3) is 0 Å². The number of rotatable bonds is 8. The van der Waals surface area contributed by atoms with E-state index in [9.17, 15) is 14.4 Å². The van der Waals surface area contributed by atoms with Gasteiger partial charge >= 0.3 is 6.03 Å². The molecule has 3 amide bonds. The van der Waals surface area contributed by atoms with Gasteiger partial charge < -0.3 is 25.5 Å². The van der Waals surface area contributed by atoms with Crippen molar-refractivity contribution in [3.63, 3.8) is 0 Å². The van der Waals surface area contributed by atoms with E-state index in [2.05, 4.69) is 20.9 Å². The minimum absolute atomic E-state index is 0.224. The Morgan fingerprint density at radius 2 is 1.68 bits per heavy atom. The molecule has 8 nitrogen and oxygen atoms in total. The quantitative estimate of drug-likeness (QED) is 0.310. The van der Waals surface area contributed by atoms with E-state index in [0.29, 0.717) is 40.5 Å². The molecule has 0 saturated heterocycles. The Morgan fingerprint density at radius 1 is 1.00 bits per heavy atom. The van der Waals surface area contributed by atoms with Crippen LogP contribution in [-0.4, -0.2) is 36.6 Å². The molecule has 1 aromatic heterocycles. The average molecular weight is 499 g/mol. The van der Waals surface area contributed by atoms with E-state index in [1.807, 2.05) is 20.0 Å². The Hall–Kier alpha value is -3.40. The van der Waals surface area contributed by atoms with Gasteiger partial charge in [0.15, 0.2) is 8.32 Å². The lowest BCUT2D eigenvalue weighted by Crippen LogP contribution is -2.33. The molecule has 34 heavy (non-hydrogen) atoms. The third-order valence-electron chi connectivity index (χ3n) is 4.75. The van der Waals surface area contributed by atoms with Gasteiger partial charge in [-0.15, -0.1) is 0 Å². The molecular weight excluding hydrogens is 472 g/mol. The van der Waals surface area contributed by atoms with Gasteiger partial charge in [-0.2, -0.15) is 0 Å². The van der Waals surface area contributed by atoms with E-state index in [0.717, 1.165) is 5.56 Å². The van der Waals surface area contributed by atoms with E-state index in [1.165, 1.54) is 6.20 Å². The number of hydrogen-bond acceptors (Lipinski definition) is 5. The maximum absolute atomic E-state index is 12.3. The van der Waals surface area contributed by atoms with Crippen LogP contribution in [0.15, 0.2) is 60.8 Å². The van der Waals surface area contributed by atoms with Gasteiger partial charge in [0.25, 0.3) is 5.91 Å². The van der Waals surface area contributed by atoms with Gasteiger partial charge in [0.1, 0.15) is 17.2 Å². The van der Waals surface area contributed by atoms with Crippen molar-refractivity contribution in [2.24, 2.45) is 0 Å². The maximum Gasteiger partial charge on any atom is 0.323 e. The summed E-state index contributed by atoms with van der Waals surface area (Å²) in [6, 6.07) is 15.4. The molecule has 0 atom stereocenters. The Bertz CT molecular complexity index is 1170. The lowest BCUT2D eigenvalue weighted by atomic mass is 10.2. The second kappa shape index (κ2) is 11.1. The van der Waals surface area contributed by atoms with Gasteiger partial charge in [-0.05, 0) is 80.2 Å². The fraction of sp³-hybridized carbons (Fsp3) is 0.208. The van der Waals surface area contributed by atoms with E-state index in [4.69, 9.17) is 16.3 Å². The van der Waals surface area contributed by atoms with Crippen molar-refractivity contribution in [3.05, 3.63) is 77.1 Å². The summed E-state index contributed by atoms with van der Waals surface area (Å²) in [6.45, 7) is 5.89. The summed E-state index contributed by atoms with van der Waals surface area (Å²) in [5.41, 5.74) is 2.32. The summed E-state index contributed by atoms with van der Waals surface area (Å²) in [5, 5.41) is 8.90. The van der Waals surface area contributed by atoms with Gasteiger partial charge in [0, 0.05) is 35.2 Å². The second-order valence-electron chi connectivity index (χ2n) is 8.36. The number of carbonyl (C=O) groups excluding carboxylic acids is 2. The molecule has 0 radical (unpaired) electrons. The molecule has 0 fully saturated rings. The fourth-order valence-corrected chi connectivity index (χ4v) is 3.78. The summed E-state index contributed by atoms with van der Waals surface area (Å²) >= 11 is 6.01. The Kier molecular flexibility index (Phi) is 8.27. The number of aromatic nitrogens is 1. The van der Waals surface area contributed by atoms with E-state index in [-0.39, 0.29) is 17.6 Å². The average Bonchev–Trinajstić information content (AvgIpc) is 2.77. The van der Waals surface area contributed by atoms with Crippen molar-refractivity contribution in [3.8, 4) is 11.5 Å². The van der Waals surface area contributed by atoms with Crippen LogP contribution >= 0.6 is 11.6 Å². The van der Waals surface area contributed by atoms with E-state index >= 15 is 0 Å². The van der Waals surface area contributed by atoms with Crippen LogP contribution in [-0.2, 0) is 0 Å². The number of halogens is 1. The fourth-order valence-electron chi connectivity index (χ4n) is 2.93. The number of carbonyl (C=O) groups is 2. The zero-order chi connectivity index (χ0) is 24.7. The summed E-state index contributed by atoms with van der Waals surface area (Å²) < 4.78 is 5.81. The van der Waals surface area contributed by atoms with Crippen LogP contribution in [0.5, 0.6) is 11.5 Å². The molecule has 3 rings (SSSR count). The van der Waals surface area contributed by atoms with Crippen molar-refractivity contribution in [1.29, 1.82) is 0 Å². The van der Waals surface area contributed by atoms with Crippen LogP contribution in [0.3, 0.4) is 0 Å². The number of urea groups is 1. The summed E-state index contributed by atoms with van der Waals surface area (Å²) in [6.07, 6.45) is 1.49. The molecule has 0 unspecified atom stereocenters. The summed E-state index contributed by atoms with van der Waals surface area (Å²) in [4.78, 5) is 38.5. The molecule has 178 valence electrons. The third-order valence-corrected chi connectivity index (χ3v) is 6.65. The Labute approximate surface area is 204 Å². The number of anilines is 2. The Balaban J connectivity index is 1.55. The number of nitrogens with zero attached hydrogens (tertiary/aromatic N) is 1. The van der Waals surface area contributed by atoms with Crippen molar-refractivity contribution in [2.45, 2.75) is 26.1 Å². The number of benzene rings is 2. The number of hydrogen-bond donors (Lipinski definition) is 4. The van der Waals surface area contributed by atoms with Crippen LogP contribution in [0.2, 0.25) is 24.2 Å². The minimum Gasteiger partial charge on any atom is -0.457 e. The lowest BCUT2D eigenvalue weighted by molar-refractivity contribution is 0.0950. The standard InChI is InChI=1S/C24H27ClN4O4Si/c1-16-14-18(6-9-21(16)25)29-24(31)28-17-4-7-19(8-5-17)33-20-10-11-26-22(15-20)23(30)27-12-13-34(2,3)32/h4-11,14-15,32H,12-13H2,1-3H3,(H,27,30)(H2,28,29,31). The highest BCUT2D eigenvalue weighted by molar-refractivity contribution is 6.69. The zero-order valence-electron chi connectivity index (χ0n) is 19.2. The molecule has 10 heteroatoms. The maximum atomic E-state index is 12.3. The van der Waals surface area contributed by atoms with Crippen LogP contribution in [0.1, 0.15) is 16.1 Å². The molecule has 1 heterocycles. The van der Waals surface area contributed by atoms with Crippen molar-refractivity contribution in [1.82, 2.24) is 10.3 Å². The molecule has 2 aromatic carbocycles. The highest BCUT2D eigenvalue weighted by atomic mass is 35.5. The summed E-state index contributed by atoms with van der Waals surface area (Å²) in [7, 11) is -2.22. The monoisotopic (exact) mass is 498 g/mol. The second-order valence-corrected chi connectivity index (χ2v) is 12.9. The molecule has 0 aliphatic rings. The van der Waals surface area contributed by atoms with E-state index < -0.39 is 8.32 Å². The lowest BCUT2D eigenvalue weighted by Gasteiger charge is -2.14. The van der Waals surface area contributed by atoms with Gasteiger partial charge in [0.2, 0.25) is 0 Å². The van der Waals surface area contributed by atoms with Crippen molar-refractivity contribution in [2.75, 3.05) is 17.2 Å². The molecule has 4 N–H and O–H groups in total. The first-order valence-electron chi connectivity index (χ1n) is 10.7. The number of nitrogens with one attached hydrogen (secondary N) is 3. The van der Waals surface area contributed by atoms with Crippen LogP contribution < -0.4 is 20.7 Å². The Morgan fingerprint density at radius 3 is 2.35 bits per heavy atom. The smallest absolute Gasteiger partial charge is 0.323 e. The normalized spacial score (nSPS) is 11.0. The first kappa shape index (κ1) is 25.2. The van der Waals surface area contributed by atoms with Crippen LogP contribution in [0, 0.1) is 6.92 Å². The topological polar surface area (TPSA) is 113 Å². The predicted molar refractivity (Wildman–Crippen MR) is 136 cm³/mol. The SMILES string of the molecule is Cc1cc(NC(=O)Nc2ccc(Oc3ccnc(C(=O)NCC[Si](C)(C)O)c3)cc2)ccc1Cl. The predicted octanol–water partition coefficient (Wildman–Crippen LogP) is 5.41. The molecule has 0 spiro atoms. The van der Waals surface area contributed by atoms with Gasteiger partial charge in [-0.1, -0.05) is 11.6 Å². The largest absolute Gasteiger partial charge is 0.457 e. The highest BCUT2D eigenvalue weighted by Gasteiger charge is 2.17. The molecule has 0 aliphatic heterocycles. The number of aryl methyl sites for hydroxylation is 1. The summed E-state index contributed by atoms with van der Waals surface area (Å²) in [5.74, 6) is 0.656. The third kappa shape index (κ3) is 7.87. The molecular formula is C24H27ClN4O4Si. The van der Waals surface area contributed by atoms with E-state index in [1.54, 1.807) is 54.6 Å². The number of pyridine rings is 1. The van der Waals surface area contributed by atoms with Crippen molar-refractivity contribution >= 4 is 43.2 Å². The zero-order valence-corrected chi connectivity index (χ0v) is 20.9. The number of ether oxygens (including phenoxy) is 1. The van der Waals surface area contributed by atoms with Gasteiger partial charge in [0.05, 0.1) is 0 Å². The van der Waals surface area contributed by atoms with Crippen LogP contribution in [0.4, 0.5) is 16.2 Å². The highest BCUT2D eigenvalue weighted by Crippen LogP contribution is 2.24. The van der Waals surface area contributed by atoms with Gasteiger partial charge in [-0.3, -0.25) is 9.78 Å². The molecule has 3 aromatic rings. The minimum atomic E-state index is -2.22. The first-order valence-corrected chi connectivity index (χ1v) is 14.2. The molecule has 0 aliphatic carbocycles. The number of amides is 3. The molecule has 0 bridgehead atoms.